The van der Waals surface area contributed by atoms with E-state index in [0.717, 1.165) is 27.6 Å². The molecule has 63 heavy (non-hydrogen) atoms. The van der Waals surface area contributed by atoms with E-state index in [1.54, 1.807) is 72.8 Å². The molecule has 0 aliphatic carbocycles. The van der Waals surface area contributed by atoms with Crippen LogP contribution in [-0.4, -0.2) is 71.8 Å². The molecule has 334 valence electrons. The number of ether oxygens (including phenoxy) is 1. The number of halogens is 2. The molecule has 7 aromatic rings. The predicted octanol–water partition coefficient (Wildman–Crippen LogP) is 8.11. The summed E-state index contributed by atoms with van der Waals surface area (Å²) in [6.45, 7) is 4.80. The Balaban J connectivity index is 0.000000308. The maximum Gasteiger partial charge on any atom is 0.175 e. The molecule has 0 atom stereocenters. The summed E-state index contributed by atoms with van der Waals surface area (Å²) in [6, 6.07) is 34.6. The van der Waals surface area contributed by atoms with Crippen LogP contribution in [0.4, 0.5) is 15.9 Å². The van der Waals surface area contributed by atoms with Gasteiger partial charge in [-0.3, -0.25) is 0 Å². The smallest absolute Gasteiger partial charge is 0.175 e. The van der Waals surface area contributed by atoms with Crippen LogP contribution in [-0.2, 0) is 42.7 Å². The SMILES string of the molecule is CS(=O)(=O)CCNCc1ccc(-c2ccc3ncnc(Nc4ccc(OCc5cccc(F)c5)c(Cl)c4)c3c2)o1.Cc1ccc(S(C)(=O)=O)cc1.Cc1ccc(S(C)(=O)=O)cc1.O. The van der Waals surface area contributed by atoms with Crippen molar-refractivity contribution in [2.45, 2.75) is 36.8 Å². The standard InChI is InChI=1S/C29H26ClFN4O4S.2C8H10O2S.H2O/c1-40(36,37)12-11-32-16-23-7-10-27(39-23)20-5-8-26-24(14-20)29(34-18-33-26)35-22-6-9-28(25(30)15-22)38-17-19-3-2-4-21(31)13-19;2*1-7-3-5-8(6-4-7)11(2,9)10;/h2-10,13-15,18,32H,11-12,16-17H2,1H3,(H,33,34,35);2*3-6H,1-2H3;1H2. The van der Waals surface area contributed by atoms with E-state index in [1.807, 2.05) is 50.2 Å². The van der Waals surface area contributed by atoms with Crippen LogP contribution in [0.2, 0.25) is 5.02 Å². The van der Waals surface area contributed by atoms with Gasteiger partial charge in [-0.2, -0.15) is 0 Å². The van der Waals surface area contributed by atoms with Crippen molar-refractivity contribution in [1.29, 1.82) is 0 Å². The minimum Gasteiger partial charge on any atom is -0.487 e. The lowest BCUT2D eigenvalue weighted by Crippen LogP contribution is -2.21. The molecule has 0 spiro atoms. The number of benzene rings is 5. The van der Waals surface area contributed by atoms with E-state index >= 15 is 0 Å². The molecular formula is C45H48ClFN4O9S3. The van der Waals surface area contributed by atoms with Crippen LogP contribution in [0.5, 0.6) is 5.75 Å². The number of nitrogens with one attached hydrogen (secondary N) is 2. The van der Waals surface area contributed by atoms with Crippen molar-refractivity contribution in [2.24, 2.45) is 0 Å². The second kappa shape index (κ2) is 22.1. The third kappa shape index (κ3) is 15.9. The third-order valence-electron chi connectivity index (χ3n) is 8.91. The topological polar surface area (TPSA) is 206 Å². The zero-order valence-corrected chi connectivity index (χ0v) is 38.3. The fourth-order valence-corrected chi connectivity index (χ4v) is 7.61. The number of anilines is 2. The summed E-state index contributed by atoms with van der Waals surface area (Å²) >= 11 is 6.47. The molecule has 0 fully saturated rings. The molecule has 2 heterocycles. The number of hydrogen-bond donors (Lipinski definition) is 2. The van der Waals surface area contributed by atoms with Crippen molar-refractivity contribution in [2.75, 3.05) is 36.4 Å². The zero-order chi connectivity index (χ0) is 45.1. The highest BCUT2D eigenvalue weighted by Gasteiger charge is 2.12. The van der Waals surface area contributed by atoms with Crippen LogP contribution in [0.15, 0.2) is 142 Å². The lowest BCUT2D eigenvalue weighted by atomic mass is 10.1. The van der Waals surface area contributed by atoms with E-state index in [4.69, 9.17) is 20.8 Å². The predicted molar refractivity (Wildman–Crippen MR) is 246 cm³/mol. The molecule has 0 saturated heterocycles. The Bertz CT molecular complexity index is 2890. The van der Waals surface area contributed by atoms with Crippen LogP contribution in [0.25, 0.3) is 22.2 Å². The highest BCUT2D eigenvalue weighted by atomic mass is 35.5. The van der Waals surface area contributed by atoms with Crippen molar-refractivity contribution in [3.63, 3.8) is 0 Å². The summed E-state index contributed by atoms with van der Waals surface area (Å²) in [4.78, 5) is 9.55. The van der Waals surface area contributed by atoms with Crippen molar-refractivity contribution < 1.29 is 44.3 Å². The highest BCUT2D eigenvalue weighted by Crippen LogP contribution is 2.33. The third-order valence-corrected chi connectivity index (χ3v) is 12.4. The van der Waals surface area contributed by atoms with Gasteiger partial charge in [0.15, 0.2) is 19.7 Å². The Morgan fingerprint density at radius 1 is 0.730 bits per heavy atom. The Labute approximate surface area is 372 Å². The summed E-state index contributed by atoms with van der Waals surface area (Å²) in [6.07, 6.45) is 5.10. The van der Waals surface area contributed by atoms with Gasteiger partial charge in [0.1, 0.15) is 51.7 Å². The molecule has 5 aromatic carbocycles. The van der Waals surface area contributed by atoms with E-state index in [-0.39, 0.29) is 23.7 Å². The van der Waals surface area contributed by atoms with Gasteiger partial charge in [-0.25, -0.2) is 39.6 Å². The first-order chi connectivity index (χ1) is 29.2. The molecular weight excluding hydrogens is 891 g/mol. The monoisotopic (exact) mass is 938 g/mol. The van der Waals surface area contributed by atoms with E-state index < -0.39 is 29.5 Å². The van der Waals surface area contributed by atoms with Crippen molar-refractivity contribution in [3.05, 3.63) is 161 Å². The van der Waals surface area contributed by atoms with Crippen molar-refractivity contribution in [3.8, 4) is 17.1 Å². The largest absolute Gasteiger partial charge is 0.487 e. The zero-order valence-electron chi connectivity index (χ0n) is 35.1. The number of furan rings is 1. The number of fused-ring (bicyclic) bond motifs is 1. The Kier molecular flexibility index (Phi) is 17.5. The summed E-state index contributed by atoms with van der Waals surface area (Å²) in [5, 5.41) is 7.56. The fourth-order valence-electron chi connectivity index (χ4n) is 5.60. The molecule has 0 saturated carbocycles. The average molecular weight is 940 g/mol. The molecule has 2 aromatic heterocycles. The minimum absolute atomic E-state index is 0. The molecule has 18 heteroatoms. The van der Waals surface area contributed by atoms with Gasteiger partial charge in [-0.05, 0) is 104 Å². The first-order valence-corrected chi connectivity index (χ1v) is 25.2. The Morgan fingerprint density at radius 3 is 1.94 bits per heavy atom. The molecule has 13 nitrogen and oxygen atoms in total. The molecule has 0 bridgehead atoms. The number of aryl methyl sites for hydroxylation is 2. The highest BCUT2D eigenvalue weighted by molar-refractivity contribution is 7.91. The second-order valence-electron chi connectivity index (χ2n) is 14.4. The molecule has 0 unspecified atom stereocenters. The van der Waals surface area contributed by atoms with E-state index in [9.17, 15) is 29.6 Å². The van der Waals surface area contributed by atoms with Gasteiger partial charge in [0.25, 0.3) is 0 Å². The van der Waals surface area contributed by atoms with Crippen molar-refractivity contribution in [1.82, 2.24) is 15.3 Å². The summed E-state index contributed by atoms with van der Waals surface area (Å²) < 4.78 is 91.5. The molecule has 4 N–H and O–H groups in total. The minimum atomic E-state index is -3.02. The number of hydrogen-bond acceptors (Lipinski definition) is 12. The number of sulfone groups is 3. The van der Waals surface area contributed by atoms with Gasteiger partial charge in [-0.1, -0.05) is 59.1 Å². The van der Waals surface area contributed by atoms with E-state index in [0.29, 0.717) is 62.2 Å². The lowest BCUT2D eigenvalue weighted by Gasteiger charge is -2.12. The van der Waals surface area contributed by atoms with Crippen LogP contribution in [0.1, 0.15) is 22.5 Å². The van der Waals surface area contributed by atoms with Gasteiger partial charge in [0.2, 0.25) is 0 Å². The number of nitrogens with zero attached hydrogens (tertiary/aromatic N) is 2. The van der Waals surface area contributed by atoms with Crippen LogP contribution in [0, 0.1) is 19.7 Å². The van der Waals surface area contributed by atoms with Gasteiger partial charge >= 0.3 is 0 Å². The lowest BCUT2D eigenvalue weighted by molar-refractivity contribution is 0.306. The quantitative estimate of drug-likeness (QED) is 0.105. The first-order valence-electron chi connectivity index (χ1n) is 18.9. The summed E-state index contributed by atoms with van der Waals surface area (Å²) in [5.74, 6) is 2.17. The fraction of sp³-hybridized carbons (Fsp3) is 0.200. The molecule has 7 rings (SSSR count). The van der Waals surface area contributed by atoms with Gasteiger partial charge in [-0.15, -0.1) is 0 Å². The Hall–Kier alpha value is -5.69. The second-order valence-corrected chi connectivity index (χ2v) is 21.1. The maximum absolute atomic E-state index is 13.4. The van der Waals surface area contributed by atoms with Gasteiger partial charge in [0.05, 0.1) is 32.6 Å². The van der Waals surface area contributed by atoms with Gasteiger partial charge < -0.3 is 25.3 Å². The molecule has 0 radical (unpaired) electrons. The van der Waals surface area contributed by atoms with Crippen LogP contribution >= 0.6 is 11.6 Å². The van der Waals surface area contributed by atoms with Crippen molar-refractivity contribution >= 4 is 63.5 Å². The van der Waals surface area contributed by atoms with Gasteiger partial charge in [0, 0.05) is 41.9 Å². The summed E-state index contributed by atoms with van der Waals surface area (Å²) in [5.41, 5.74) is 5.13. The Morgan fingerprint density at radius 2 is 1.37 bits per heavy atom. The molecule has 0 amide bonds. The number of rotatable bonds is 13. The molecule has 0 aliphatic heterocycles. The maximum atomic E-state index is 13.4. The van der Waals surface area contributed by atoms with Crippen LogP contribution < -0.4 is 15.4 Å². The summed E-state index contributed by atoms with van der Waals surface area (Å²) in [7, 11) is -9.06. The van der Waals surface area contributed by atoms with Crippen LogP contribution in [0.3, 0.4) is 0 Å². The van der Waals surface area contributed by atoms with E-state index in [1.165, 1.54) is 37.2 Å². The molecule has 0 aliphatic rings. The average Bonchev–Trinajstić information content (AvgIpc) is 3.68. The first kappa shape index (κ1) is 50.0. The normalized spacial score (nSPS) is 11.3. The number of aromatic nitrogens is 2. The van der Waals surface area contributed by atoms with E-state index in [2.05, 4.69) is 20.6 Å².